The molecule has 0 atom stereocenters. The summed E-state index contributed by atoms with van der Waals surface area (Å²) in [5.74, 6) is 0. The van der Waals surface area contributed by atoms with Crippen molar-refractivity contribution in [1.29, 1.82) is 0 Å². The molecule has 0 aromatic carbocycles. The van der Waals surface area contributed by atoms with Gasteiger partial charge in [-0.1, -0.05) is 26.2 Å². The first-order chi connectivity index (χ1) is 2.81. The molecule has 0 saturated heterocycles. The zero-order valence-corrected chi connectivity index (χ0v) is 5.46. The van der Waals surface area contributed by atoms with Crippen LogP contribution in [0.3, 0.4) is 0 Å². The standard InChI is InChI=1S/C5H12P/c1-4-6(3)5-2/h3-5H2,1-2H3/q-1. The summed E-state index contributed by atoms with van der Waals surface area (Å²) < 4.78 is 0. The quantitative estimate of drug-likeness (QED) is 0.371. The fourth-order valence-electron chi connectivity index (χ4n) is 0.224. The number of rotatable bonds is 2. The monoisotopic (exact) mass is 103 g/mol. The highest BCUT2D eigenvalue weighted by Gasteiger charge is 1.77. The van der Waals surface area contributed by atoms with Crippen LogP contribution in [-0.4, -0.2) is 12.3 Å². The molecule has 0 rings (SSSR count). The second-order valence-corrected chi connectivity index (χ2v) is 3.91. The lowest BCUT2D eigenvalue weighted by molar-refractivity contribution is 1.42. The summed E-state index contributed by atoms with van der Waals surface area (Å²) in [5.41, 5.74) is 0. The molecule has 0 aliphatic heterocycles. The van der Waals surface area contributed by atoms with E-state index < -0.39 is 0 Å². The minimum absolute atomic E-state index is 0.174. The van der Waals surface area contributed by atoms with Crippen LogP contribution in [0.4, 0.5) is 0 Å². The summed E-state index contributed by atoms with van der Waals surface area (Å²) in [6.07, 6.45) is 2.57. The van der Waals surface area contributed by atoms with Gasteiger partial charge in [-0.15, -0.1) is 0 Å². The minimum atomic E-state index is 0.174. The van der Waals surface area contributed by atoms with Gasteiger partial charge in [0.1, 0.15) is 0 Å². The van der Waals surface area contributed by atoms with E-state index in [-0.39, 0.29) is 7.92 Å². The lowest BCUT2D eigenvalue weighted by Crippen LogP contribution is -1.72. The Morgan fingerprint density at radius 2 is 1.67 bits per heavy atom. The van der Waals surface area contributed by atoms with E-state index in [9.17, 15) is 0 Å². The molecular formula is C5H12P-. The van der Waals surface area contributed by atoms with E-state index in [1.165, 1.54) is 12.3 Å². The molecule has 0 aromatic heterocycles. The molecule has 0 spiro atoms. The molecule has 1 heteroatoms. The maximum absolute atomic E-state index is 3.94. The molecule has 0 nitrogen and oxygen atoms in total. The van der Waals surface area contributed by atoms with Crippen molar-refractivity contribution in [2.75, 3.05) is 12.3 Å². The molecule has 0 aliphatic rings. The van der Waals surface area contributed by atoms with Crippen LogP contribution in [0.5, 0.6) is 0 Å². The Morgan fingerprint density at radius 1 is 1.33 bits per heavy atom. The normalized spacial score (nSPS) is 10.0. The van der Waals surface area contributed by atoms with Crippen molar-refractivity contribution in [1.82, 2.24) is 0 Å². The minimum Gasteiger partial charge on any atom is -0.317 e. The second-order valence-electron chi connectivity index (χ2n) is 1.30. The van der Waals surface area contributed by atoms with Gasteiger partial charge in [-0.05, 0) is 0 Å². The van der Waals surface area contributed by atoms with Gasteiger partial charge in [0, 0.05) is 0 Å². The highest BCUT2D eigenvalue weighted by atomic mass is 31.1. The SMILES string of the molecule is [CH2-]P(CC)CC. The second kappa shape index (κ2) is 3.61. The average Bonchev–Trinajstić information content (AvgIpc) is 1.65. The third-order valence-corrected chi connectivity index (χ3v) is 2.68. The predicted octanol–water partition coefficient (Wildman–Crippen LogP) is 2.30. The summed E-state index contributed by atoms with van der Waals surface area (Å²) in [5, 5.41) is 0. The molecule has 0 aliphatic carbocycles. The van der Waals surface area contributed by atoms with Gasteiger partial charge in [0.25, 0.3) is 0 Å². The molecule has 0 amide bonds. The number of hydrogen-bond donors (Lipinski definition) is 0. The third-order valence-electron chi connectivity index (χ3n) is 0.894. The van der Waals surface area contributed by atoms with Crippen LogP contribution in [0.1, 0.15) is 13.8 Å². The Morgan fingerprint density at radius 3 is 1.67 bits per heavy atom. The first-order valence-electron chi connectivity index (χ1n) is 2.36. The van der Waals surface area contributed by atoms with Gasteiger partial charge in [-0.3, -0.25) is 7.92 Å². The summed E-state index contributed by atoms with van der Waals surface area (Å²) in [6.45, 7) is 8.33. The fourth-order valence-corrected chi connectivity index (χ4v) is 0.671. The molecule has 0 N–H and O–H groups in total. The van der Waals surface area contributed by atoms with Crippen molar-refractivity contribution in [3.05, 3.63) is 6.66 Å². The maximum Gasteiger partial charge on any atom is -0.0638 e. The van der Waals surface area contributed by atoms with Gasteiger partial charge in [0.05, 0.1) is 0 Å². The average molecular weight is 103 g/mol. The summed E-state index contributed by atoms with van der Waals surface area (Å²) >= 11 is 0. The Bertz CT molecular complexity index is 23.1. The first kappa shape index (κ1) is 6.43. The van der Waals surface area contributed by atoms with Crippen molar-refractivity contribution < 1.29 is 0 Å². The zero-order chi connectivity index (χ0) is 4.99. The van der Waals surface area contributed by atoms with Crippen LogP contribution in [0.25, 0.3) is 0 Å². The van der Waals surface area contributed by atoms with Crippen LogP contribution in [0.2, 0.25) is 0 Å². The lowest BCUT2D eigenvalue weighted by atomic mass is 11.0. The van der Waals surface area contributed by atoms with Gasteiger partial charge >= 0.3 is 0 Å². The smallest absolute Gasteiger partial charge is 0.0638 e. The third kappa shape index (κ3) is 2.66. The van der Waals surface area contributed by atoms with Crippen molar-refractivity contribution in [3.8, 4) is 0 Å². The van der Waals surface area contributed by atoms with E-state index in [1.54, 1.807) is 0 Å². The predicted molar refractivity (Wildman–Crippen MR) is 33.4 cm³/mol. The van der Waals surface area contributed by atoms with Crippen molar-refractivity contribution in [2.24, 2.45) is 0 Å². The Labute approximate surface area is 41.7 Å². The molecule has 0 aromatic rings. The molecule has 0 fully saturated rings. The Balaban J connectivity index is 2.75. The zero-order valence-electron chi connectivity index (χ0n) is 4.57. The van der Waals surface area contributed by atoms with Crippen molar-refractivity contribution >= 4 is 7.92 Å². The molecule has 0 heterocycles. The summed E-state index contributed by atoms with van der Waals surface area (Å²) in [6, 6.07) is 0. The van der Waals surface area contributed by atoms with Crippen molar-refractivity contribution in [2.45, 2.75) is 13.8 Å². The van der Waals surface area contributed by atoms with Gasteiger partial charge in [0.15, 0.2) is 0 Å². The molecule has 38 valence electrons. The lowest BCUT2D eigenvalue weighted by Gasteiger charge is -2.11. The molecule has 0 radical (unpaired) electrons. The molecule has 0 saturated carbocycles. The van der Waals surface area contributed by atoms with E-state index in [4.69, 9.17) is 0 Å². The van der Waals surface area contributed by atoms with E-state index >= 15 is 0 Å². The highest BCUT2D eigenvalue weighted by molar-refractivity contribution is 7.58. The largest absolute Gasteiger partial charge is 0.317 e. The van der Waals surface area contributed by atoms with Gasteiger partial charge < -0.3 is 6.66 Å². The summed E-state index contributed by atoms with van der Waals surface area (Å²) in [4.78, 5) is 0. The van der Waals surface area contributed by atoms with Crippen LogP contribution in [0.15, 0.2) is 0 Å². The topological polar surface area (TPSA) is 0 Å². The van der Waals surface area contributed by atoms with E-state index in [0.717, 1.165) is 0 Å². The highest BCUT2D eigenvalue weighted by Crippen LogP contribution is 2.30. The first-order valence-corrected chi connectivity index (χ1v) is 4.26. The van der Waals surface area contributed by atoms with Gasteiger partial charge in [0.2, 0.25) is 0 Å². The van der Waals surface area contributed by atoms with E-state index in [2.05, 4.69) is 20.5 Å². The van der Waals surface area contributed by atoms with Crippen molar-refractivity contribution in [3.63, 3.8) is 0 Å². The van der Waals surface area contributed by atoms with Crippen LogP contribution < -0.4 is 0 Å². The summed E-state index contributed by atoms with van der Waals surface area (Å²) in [7, 11) is 0.174. The van der Waals surface area contributed by atoms with E-state index in [1.807, 2.05) is 0 Å². The van der Waals surface area contributed by atoms with Gasteiger partial charge in [-0.25, -0.2) is 0 Å². The van der Waals surface area contributed by atoms with Crippen LogP contribution in [0, 0.1) is 6.66 Å². The maximum atomic E-state index is 3.94. The molecular weight excluding hydrogens is 91.0 g/mol. The Hall–Kier alpha value is 0.430. The van der Waals surface area contributed by atoms with Crippen LogP contribution >= 0.6 is 7.92 Å². The molecule has 6 heavy (non-hydrogen) atoms. The van der Waals surface area contributed by atoms with Gasteiger partial charge in [-0.2, -0.15) is 0 Å². The molecule has 0 bridgehead atoms. The fraction of sp³-hybridized carbons (Fsp3) is 0.800. The van der Waals surface area contributed by atoms with Crippen LogP contribution in [-0.2, 0) is 0 Å². The number of hydrogen-bond acceptors (Lipinski definition) is 0. The molecule has 0 unspecified atom stereocenters. The van der Waals surface area contributed by atoms with E-state index in [0.29, 0.717) is 0 Å². The Kier molecular flexibility index (Phi) is 3.87.